The Hall–Kier alpha value is -0.940. The minimum absolute atomic E-state index is 0.0283. The summed E-state index contributed by atoms with van der Waals surface area (Å²) in [5.74, 6) is -0.243. The van der Waals surface area contributed by atoms with Crippen molar-refractivity contribution in [1.29, 1.82) is 0 Å². The Balaban J connectivity index is 2.30. The zero-order valence-corrected chi connectivity index (χ0v) is 11.3. The van der Waals surface area contributed by atoms with Crippen molar-refractivity contribution in [2.45, 2.75) is 12.8 Å². The zero-order chi connectivity index (χ0) is 12.7. The summed E-state index contributed by atoms with van der Waals surface area (Å²) in [6, 6.07) is 4.87. The van der Waals surface area contributed by atoms with Crippen molar-refractivity contribution in [2.24, 2.45) is 0 Å². The van der Waals surface area contributed by atoms with Crippen LogP contribution in [0.4, 0.5) is 4.39 Å². The Morgan fingerprint density at radius 1 is 1.41 bits per heavy atom. The highest BCUT2D eigenvalue weighted by molar-refractivity contribution is 9.10. The number of rotatable bonds is 6. The molecule has 2 N–H and O–H groups in total. The van der Waals surface area contributed by atoms with Crippen LogP contribution in [0.25, 0.3) is 0 Å². The number of nitrogens with one attached hydrogen (secondary N) is 2. The molecule has 0 heterocycles. The summed E-state index contributed by atoms with van der Waals surface area (Å²) in [6.07, 6.45) is 1.17. The predicted octanol–water partition coefficient (Wildman–Crippen LogP) is 1.86. The van der Waals surface area contributed by atoms with E-state index in [1.807, 2.05) is 7.05 Å². The van der Waals surface area contributed by atoms with E-state index in [1.165, 1.54) is 6.07 Å². The normalized spacial score (nSPS) is 10.3. The Kier molecular flexibility index (Phi) is 6.15. The molecule has 0 saturated heterocycles. The molecule has 0 bridgehead atoms. The molecular weight excluding hydrogens is 287 g/mol. The second kappa shape index (κ2) is 7.40. The van der Waals surface area contributed by atoms with Crippen molar-refractivity contribution < 1.29 is 9.18 Å². The molecule has 5 heteroatoms. The lowest BCUT2D eigenvalue weighted by molar-refractivity contribution is -0.120. The van der Waals surface area contributed by atoms with Gasteiger partial charge in [0, 0.05) is 19.5 Å². The van der Waals surface area contributed by atoms with E-state index >= 15 is 0 Å². The Bertz CT molecular complexity index is 385. The molecule has 0 aliphatic carbocycles. The van der Waals surface area contributed by atoms with Gasteiger partial charge in [-0.05, 0) is 47.1 Å². The summed E-state index contributed by atoms with van der Waals surface area (Å²) in [7, 11) is 1.81. The van der Waals surface area contributed by atoms with Crippen molar-refractivity contribution in [1.82, 2.24) is 10.6 Å². The van der Waals surface area contributed by atoms with Gasteiger partial charge in [-0.3, -0.25) is 4.79 Å². The number of carbonyl (C=O) groups is 1. The number of amides is 1. The Labute approximate surface area is 109 Å². The molecule has 0 spiro atoms. The number of benzene rings is 1. The van der Waals surface area contributed by atoms with Gasteiger partial charge in [0.1, 0.15) is 5.82 Å². The number of hydrogen-bond donors (Lipinski definition) is 2. The van der Waals surface area contributed by atoms with Crippen molar-refractivity contribution in [3.8, 4) is 0 Å². The van der Waals surface area contributed by atoms with Gasteiger partial charge >= 0.3 is 0 Å². The molecule has 1 aromatic rings. The van der Waals surface area contributed by atoms with Gasteiger partial charge in [-0.2, -0.15) is 0 Å². The molecule has 1 amide bonds. The summed E-state index contributed by atoms with van der Waals surface area (Å²) >= 11 is 3.13. The van der Waals surface area contributed by atoms with Gasteiger partial charge in [-0.15, -0.1) is 0 Å². The van der Waals surface area contributed by atoms with Crippen LogP contribution in [0.5, 0.6) is 0 Å². The maximum Gasteiger partial charge on any atom is 0.221 e. The van der Waals surface area contributed by atoms with Gasteiger partial charge in [0.05, 0.1) is 4.47 Å². The predicted molar refractivity (Wildman–Crippen MR) is 69.4 cm³/mol. The molecule has 0 aliphatic heterocycles. The zero-order valence-electron chi connectivity index (χ0n) is 9.72. The molecule has 0 aliphatic rings. The lowest BCUT2D eigenvalue weighted by atomic mass is 10.1. The van der Waals surface area contributed by atoms with E-state index in [-0.39, 0.29) is 11.7 Å². The van der Waals surface area contributed by atoms with E-state index in [1.54, 1.807) is 12.1 Å². The first-order chi connectivity index (χ1) is 8.13. The Morgan fingerprint density at radius 2 is 2.18 bits per heavy atom. The average Bonchev–Trinajstić information content (AvgIpc) is 2.31. The first-order valence-electron chi connectivity index (χ1n) is 5.48. The van der Waals surface area contributed by atoms with Gasteiger partial charge in [0.15, 0.2) is 0 Å². The van der Waals surface area contributed by atoms with Crippen LogP contribution >= 0.6 is 15.9 Å². The molecule has 0 saturated carbocycles. The van der Waals surface area contributed by atoms with Crippen LogP contribution < -0.4 is 10.6 Å². The largest absolute Gasteiger partial charge is 0.356 e. The standard InChI is InChI=1S/C12H16BrFN2O/c1-15-6-5-12(17)16-7-4-9-2-3-11(14)10(13)8-9/h2-3,8,15H,4-7H2,1H3,(H,16,17). The monoisotopic (exact) mass is 302 g/mol. The fourth-order valence-corrected chi connectivity index (χ4v) is 1.79. The highest BCUT2D eigenvalue weighted by atomic mass is 79.9. The van der Waals surface area contributed by atoms with Crippen LogP contribution in [-0.2, 0) is 11.2 Å². The second-order valence-electron chi connectivity index (χ2n) is 3.70. The molecule has 0 fully saturated rings. The third kappa shape index (κ3) is 5.28. The van der Waals surface area contributed by atoms with Crippen molar-refractivity contribution in [3.05, 3.63) is 34.1 Å². The highest BCUT2D eigenvalue weighted by Gasteiger charge is 2.02. The van der Waals surface area contributed by atoms with Crippen LogP contribution in [0.2, 0.25) is 0 Å². The lowest BCUT2D eigenvalue weighted by Crippen LogP contribution is -2.28. The second-order valence-corrected chi connectivity index (χ2v) is 4.56. The Morgan fingerprint density at radius 3 is 2.82 bits per heavy atom. The summed E-state index contributed by atoms with van der Waals surface area (Å²) < 4.78 is 13.4. The summed E-state index contributed by atoms with van der Waals surface area (Å²) in [5, 5.41) is 5.72. The number of carbonyl (C=O) groups excluding carboxylic acids is 1. The van der Waals surface area contributed by atoms with Crippen molar-refractivity contribution in [2.75, 3.05) is 20.1 Å². The van der Waals surface area contributed by atoms with E-state index in [2.05, 4.69) is 26.6 Å². The number of hydrogen-bond acceptors (Lipinski definition) is 2. The first kappa shape index (κ1) is 14.1. The van der Waals surface area contributed by atoms with E-state index in [4.69, 9.17) is 0 Å². The number of halogens is 2. The van der Waals surface area contributed by atoms with Crippen LogP contribution in [0, 0.1) is 5.82 Å². The van der Waals surface area contributed by atoms with Gasteiger partial charge in [-0.1, -0.05) is 6.07 Å². The van der Waals surface area contributed by atoms with Gasteiger partial charge in [0.2, 0.25) is 5.91 Å². The fourth-order valence-electron chi connectivity index (χ4n) is 1.37. The molecule has 0 unspecified atom stereocenters. The molecular formula is C12H16BrFN2O. The average molecular weight is 303 g/mol. The van der Waals surface area contributed by atoms with Gasteiger partial charge in [0.25, 0.3) is 0 Å². The molecule has 1 rings (SSSR count). The van der Waals surface area contributed by atoms with Crippen molar-refractivity contribution >= 4 is 21.8 Å². The van der Waals surface area contributed by atoms with E-state index in [0.29, 0.717) is 30.4 Å². The smallest absolute Gasteiger partial charge is 0.221 e. The van der Waals surface area contributed by atoms with Crippen LogP contribution in [0.3, 0.4) is 0 Å². The third-order valence-corrected chi connectivity index (χ3v) is 2.93. The molecule has 0 aromatic heterocycles. The molecule has 0 radical (unpaired) electrons. The summed E-state index contributed by atoms with van der Waals surface area (Å²) in [5.41, 5.74) is 0.993. The molecule has 17 heavy (non-hydrogen) atoms. The van der Waals surface area contributed by atoms with E-state index in [0.717, 1.165) is 5.56 Å². The minimum atomic E-state index is -0.271. The van der Waals surface area contributed by atoms with E-state index < -0.39 is 0 Å². The van der Waals surface area contributed by atoms with Gasteiger partial charge in [-0.25, -0.2) is 4.39 Å². The SMILES string of the molecule is CNCCC(=O)NCCc1ccc(F)c(Br)c1. The minimum Gasteiger partial charge on any atom is -0.356 e. The highest BCUT2D eigenvalue weighted by Crippen LogP contribution is 2.16. The topological polar surface area (TPSA) is 41.1 Å². The van der Waals surface area contributed by atoms with Crippen molar-refractivity contribution in [3.63, 3.8) is 0 Å². The quantitative estimate of drug-likeness (QED) is 0.842. The molecule has 94 valence electrons. The first-order valence-corrected chi connectivity index (χ1v) is 6.28. The molecule has 1 aromatic carbocycles. The maximum atomic E-state index is 13.0. The third-order valence-electron chi connectivity index (χ3n) is 2.32. The van der Waals surface area contributed by atoms with Crippen LogP contribution in [0.1, 0.15) is 12.0 Å². The molecule has 3 nitrogen and oxygen atoms in total. The maximum absolute atomic E-state index is 13.0. The fraction of sp³-hybridized carbons (Fsp3) is 0.417. The van der Waals surface area contributed by atoms with E-state index in [9.17, 15) is 9.18 Å². The molecule has 0 atom stereocenters. The summed E-state index contributed by atoms with van der Waals surface area (Å²) in [6.45, 7) is 1.24. The van der Waals surface area contributed by atoms with Gasteiger partial charge < -0.3 is 10.6 Å². The lowest BCUT2D eigenvalue weighted by Gasteiger charge is -2.05. The van der Waals surface area contributed by atoms with Crippen LogP contribution in [0.15, 0.2) is 22.7 Å². The van der Waals surface area contributed by atoms with Crippen LogP contribution in [-0.4, -0.2) is 26.0 Å². The summed E-state index contributed by atoms with van der Waals surface area (Å²) in [4.78, 5) is 11.3.